The summed E-state index contributed by atoms with van der Waals surface area (Å²) in [5, 5.41) is 4.63. The van der Waals surface area contributed by atoms with Crippen molar-refractivity contribution >= 4 is 40.6 Å². The molecule has 2 aromatic rings. The number of nitrogens with one attached hydrogen (secondary N) is 1. The number of carbonyl (C=O) groups is 3. The van der Waals surface area contributed by atoms with E-state index in [4.69, 9.17) is 0 Å². The molecule has 0 aliphatic rings. The molecule has 0 saturated carbocycles. The van der Waals surface area contributed by atoms with Crippen LogP contribution in [0.4, 0.5) is 0 Å². The molecular weight excluding hydrogens is 537 g/mol. The van der Waals surface area contributed by atoms with Crippen molar-refractivity contribution in [3.63, 3.8) is 0 Å². The van der Waals surface area contributed by atoms with Gasteiger partial charge in [0.15, 0.2) is 5.78 Å². The molecule has 1 aromatic carbocycles. The summed E-state index contributed by atoms with van der Waals surface area (Å²) in [6.45, 7) is 23.1. The largest absolute Gasteiger partial charge is 0.349 e. The van der Waals surface area contributed by atoms with Gasteiger partial charge in [-0.3, -0.25) is 14.4 Å². The first-order valence-corrected chi connectivity index (χ1v) is 16.3. The molecular formula is C33H60N2O3S2. The molecule has 1 amide bonds. The van der Waals surface area contributed by atoms with Crippen LogP contribution < -0.4 is 11.1 Å². The number of carbonyl (C=O) groups excluding carboxylic acids is 3. The summed E-state index contributed by atoms with van der Waals surface area (Å²) in [4.78, 5) is 33.8. The van der Waals surface area contributed by atoms with Crippen molar-refractivity contribution in [2.45, 2.75) is 92.7 Å². The minimum absolute atomic E-state index is 0.0235. The molecule has 1 atom stereocenters. The molecule has 1 unspecified atom stereocenters. The first-order valence-electron chi connectivity index (χ1n) is 14.2. The van der Waals surface area contributed by atoms with Crippen LogP contribution in [0.1, 0.15) is 87.1 Å². The highest BCUT2D eigenvalue weighted by Gasteiger charge is 2.21. The first-order chi connectivity index (χ1) is 19.1. The van der Waals surface area contributed by atoms with Gasteiger partial charge in [-0.25, -0.2) is 0 Å². The molecule has 0 radical (unpaired) electrons. The quantitative estimate of drug-likeness (QED) is 0.223. The Labute approximate surface area is 255 Å². The number of aryl methyl sites for hydroxylation is 1. The van der Waals surface area contributed by atoms with Gasteiger partial charge < -0.3 is 11.1 Å². The van der Waals surface area contributed by atoms with Crippen LogP contribution >= 0.6 is 23.1 Å². The summed E-state index contributed by atoms with van der Waals surface area (Å²) in [6, 6.07) is 14.4. The second kappa shape index (κ2) is 38.9. The van der Waals surface area contributed by atoms with E-state index in [0.717, 1.165) is 0 Å². The average molecular weight is 597 g/mol. The molecule has 0 fully saturated rings. The van der Waals surface area contributed by atoms with Crippen molar-refractivity contribution in [1.82, 2.24) is 5.32 Å². The highest BCUT2D eigenvalue weighted by molar-refractivity contribution is 8.00. The van der Waals surface area contributed by atoms with Gasteiger partial charge in [-0.2, -0.15) is 0 Å². The molecule has 0 saturated heterocycles. The van der Waals surface area contributed by atoms with Crippen LogP contribution in [0.15, 0.2) is 64.7 Å². The maximum absolute atomic E-state index is 11.8. The zero-order valence-electron chi connectivity index (χ0n) is 27.5. The Balaban J connectivity index is -0.000000146. The zero-order valence-corrected chi connectivity index (χ0v) is 29.1. The Morgan fingerprint density at radius 1 is 1.00 bits per heavy atom. The number of Topliss-reactive ketones (excluding diaryl/α,β-unsaturated/α-hetero) is 1. The molecule has 0 aliphatic carbocycles. The number of allylic oxidation sites excluding steroid dienone is 1. The van der Waals surface area contributed by atoms with Gasteiger partial charge in [0.25, 0.3) is 0 Å². The van der Waals surface area contributed by atoms with E-state index in [2.05, 4.69) is 74.3 Å². The predicted molar refractivity (Wildman–Crippen MR) is 183 cm³/mol. The van der Waals surface area contributed by atoms with E-state index < -0.39 is 0 Å². The van der Waals surface area contributed by atoms with Crippen LogP contribution in [0.5, 0.6) is 0 Å². The standard InChI is InChI=1S/C13H21NO3.C7H8.C5H6S2.C3H8.2C2H6.CH5N/c1-5-12(16)7-11(6-9(2)3)13(17)14-8-10(4)15;1-7-5-3-2-4-6-7;1-6-5-3-2-4-7-5;1-3-2;3*1-2/h5,9,11H,1,6-8H2,2-4H3,(H,14,17);2-6H,1H3;2-4H,1H3;3H2,1-2H3;2*1-2H3;2H2,1H3. The molecule has 232 valence electrons. The Bertz CT molecular complexity index is 793. The third-order valence-electron chi connectivity index (χ3n) is 3.95. The predicted octanol–water partition coefficient (Wildman–Crippen LogP) is 9.01. The molecule has 0 spiro atoms. The average Bonchev–Trinajstić information content (AvgIpc) is 3.50. The van der Waals surface area contributed by atoms with Crippen molar-refractivity contribution in [3.05, 3.63) is 66.1 Å². The maximum atomic E-state index is 11.8. The summed E-state index contributed by atoms with van der Waals surface area (Å²) in [6.07, 6.45) is 5.35. The fraction of sp³-hybridized carbons (Fsp3) is 0.545. The minimum atomic E-state index is -0.375. The van der Waals surface area contributed by atoms with E-state index in [0.29, 0.717) is 12.3 Å². The highest BCUT2D eigenvalue weighted by atomic mass is 32.2. The number of nitrogens with two attached hydrogens (primary N) is 1. The Kier molecular flexibility index (Phi) is 46.3. The van der Waals surface area contributed by atoms with E-state index in [1.165, 1.54) is 36.2 Å². The lowest BCUT2D eigenvalue weighted by molar-refractivity contribution is -0.130. The number of thioether (sulfide) groups is 1. The van der Waals surface area contributed by atoms with Crippen molar-refractivity contribution in [2.24, 2.45) is 17.6 Å². The Hall–Kier alpha value is -2.22. The van der Waals surface area contributed by atoms with E-state index in [1.54, 1.807) is 23.1 Å². The molecule has 3 N–H and O–H groups in total. The van der Waals surface area contributed by atoms with Crippen LogP contribution in [-0.2, 0) is 14.4 Å². The molecule has 40 heavy (non-hydrogen) atoms. The summed E-state index contributed by atoms with van der Waals surface area (Å²) >= 11 is 3.58. The van der Waals surface area contributed by atoms with Gasteiger partial charge in [0, 0.05) is 12.3 Å². The number of rotatable bonds is 9. The number of hydrogen-bond acceptors (Lipinski definition) is 6. The number of amides is 1. The van der Waals surface area contributed by atoms with Gasteiger partial charge in [-0.1, -0.05) is 110 Å². The lowest BCUT2D eigenvalue weighted by Gasteiger charge is -2.17. The molecule has 1 aromatic heterocycles. The third-order valence-corrected chi connectivity index (χ3v) is 5.94. The van der Waals surface area contributed by atoms with E-state index >= 15 is 0 Å². The summed E-state index contributed by atoms with van der Waals surface area (Å²) in [7, 11) is 1.50. The van der Waals surface area contributed by atoms with Crippen LogP contribution in [0.3, 0.4) is 0 Å². The van der Waals surface area contributed by atoms with E-state index in [-0.39, 0.29) is 36.4 Å². The summed E-state index contributed by atoms with van der Waals surface area (Å²) < 4.78 is 1.39. The fourth-order valence-electron chi connectivity index (χ4n) is 2.45. The Morgan fingerprint density at radius 2 is 1.50 bits per heavy atom. The second-order valence-electron chi connectivity index (χ2n) is 8.12. The van der Waals surface area contributed by atoms with E-state index in [1.807, 2.05) is 59.7 Å². The number of hydrogen-bond donors (Lipinski definition) is 2. The SMILES string of the molecule is C=CC(=O)CC(CC(C)C)C(=O)NCC(C)=O.CC.CC.CCC.CN.CSc1cccs1.Cc1ccccc1. The number of ketones is 2. The summed E-state index contributed by atoms with van der Waals surface area (Å²) in [5.74, 6) is -0.532. The summed E-state index contributed by atoms with van der Waals surface area (Å²) in [5.41, 5.74) is 5.82. The lowest BCUT2D eigenvalue weighted by atomic mass is 9.91. The van der Waals surface area contributed by atoms with Gasteiger partial charge in [0.1, 0.15) is 5.78 Å². The lowest BCUT2D eigenvalue weighted by Crippen LogP contribution is -2.35. The van der Waals surface area contributed by atoms with Gasteiger partial charge in [0.05, 0.1) is 10.8 Å². The van der Waals surface area contributed by atoms with Crippen molar-refractivity contribution < 1.29 is 14.4 Å². The smallest absolute Gasteiger partial charge is 0.223 e. The first kappa shape index (κ1) is 47.6. The third kappa shape index (κ3) is 37.9. The van der Waals surface area contributed by atoms with Gasteiger partial charge in [-0.15, -0.1) is 23.1 Å². The molecule has 5 nitrogen and oxygen atoms in total. The molecule has 0 aliphatic heterocycles. The van der Waals surface area contributed by atoms with E-state index in [9.17, 15) is 14.4 Å². The Morgan fingerprint density at radius 3 is 1.77 bits per heavy atom. The molecule has 2 rings (SSSR count). The maximum Gasteiger partial charge on any atom is 0.223 e. The molecule has 7 heteroatoms. The number of thiophene rings is 1. The molecule has 1 heterocycles. The van der Waals surface area contributed by atoms with Gasteiger partial charge in [-0.05, 0) is 57.0 Å². The van der Waals surface area contributed by atoms with Crippen LogP contribution in [0.25, 0.3) is 0 Å². The monoisotopic (exact) mass is 596 g/mol. The minimum Gasteiger partial charge on any atom is -0.349 e. The van der Waals surface area contributed by atoms with Crippen molar-refractivity contribution in [3.8, 4) is 0 Å². The highest BCUT2D eigenvalue weighted by Crippen LogP contribution is 2.19. The number of benzene rings is 1. The normalized spacial score (nSPS) is 9.15. The van der Waals surface area contributed by atoms with Crippen LogP contribution in [0, 0.1) is 18.8 Å². The van der Waals surface area contributed by atoms with Crippen molar-refractivity contribution in [2.75, 3.05) is 19.8 Å². The van der Waals surface area contributed by atoms with Crippen molar-refractivity contribution in [1.29, 1.82) is 0 Å². The molecule has 0 bridgehead atoms. The fourth-order valence-corrected chi connectivity index (χ4v) is 3.66. The van der Waals surface area contributed by atoms with Crippen LogP contribution in [0.2, 0.25) is 0 Å². The topological polar surface area (TPSA) is 89.3 Å². The second-order valence-corrected chi connectivity index (χ2v) is 10.2. The zero-order chi connectivity index (χ0) is 32.4. The van der Waals surface area contributed by atoms with Crippen LogP contribution in [-0.4, -0.2) is 37.3 Å². The van der Waals surface area contributed by atoms with Gasteiger partial charge in [0.2, 0.25) is 5.91 Å². The van der Waals surface area contributed by atoms with Gasteiger partial charge >= 0.3 is 0 Å².